The van der Waals surface area contributed by atoms with Crippen molar-refractivity contribution < 1.29 is 14.3 Å². The largest absolute Gasteiger partial charge is 0.496 e. The number of guanidine groups is 1. The number of hydrogen-bond acceptors (Lipinski definition) is 4. The summed E-state index contributed by atoms with van der Waals surface area (Å²) in [6.07, 6.45) is 2.39. The zero-order valence-corrected chi connectivity index (χ0v) is 16.0. The highest BCUT2D eigenvalue weighted by Crippen LogP contribution is 2.21. The molecule has 0 unspecified atom stereocenters. The molecule has 0 atom stereocenters. The third kappa shape index (κ3) is 5.89. The van der Waals surface area contributed by atoms with Crippen molar-refractivity contribution in [2.75, 3.05) is 20.8 Å². The van der Waals surface area contributed by atoms with E-state index in [0.717, 1.165) is 18.1 Å². The summed E-state index contributed by atoms with van der Waals surface area (Å²) in [6.45, 7) is 3.33. The molecule has 1 aromatic rings. The van der Waals surface area contributed by atoms with E-state index in [0.29, 0.717) is 23.9 Å². The number of esters is 1. The number of carbonyl (C=O) groups is 1. The van der Waals surface area contributed by atoms with Gasteiger partial charge in [0.05, 0.1) is 20.8 Å². The molecule has 1 aromatic carbocycles. The van der Waals surface area contributed by atoms with Crippen LogP contribution in [0.25, 0.3) is 0 Å². The van der Waals surface area contributed by atoms with Gasteiger partial charge in [0.1, 0.15) is 11.3 Å². The normalized spacial score (nSPS) is 13.8. The first-order valence-electron chi connectivity index (χ1n) is 7.48. The Kier molecular flexibility index (Phi) is 8.15. The number of rotatable bonds is 6. The molecule has 6 nitrogen and oxygen atoms in total. The molecule has 7 heteroatoms. The molecule has 23 heavy (non-hydrogen) atoms. The number of carbonyl (C=O) groups excluding carboxylic acids is 1. The summed E-state index contributed by atoms with van der Waals surface area (Å²) in [4.78, 5) is 16.3. The van der Waals surface area contributed by atoms with Crippen LogP contribution in [-0.4, -0.2) is 38.7 Å². The van der Waals surface area contributed by atoms with Crippen molar-refractivity contribution >= 4 is 35.9 Å². The molecule has 0 spiro atoms. The first-order valence-corrected chi connectivity index (χ1v) is 7.48. The number of hydrogen-bond donors (Lipinski definition) is 2. The fourth-order valence-corrected chi connectivity index (χ4v) is 2.03. The molecule has 1 aliphatic rings. The lowest BCUT2D eigenvalue weighted by atomic mass is 10.1. The minimum Gasteiger partial charge on any atom is -0.496 e. The van der Waals surface area contributed by atoms with Gasteiger partial charge in [0, 0.05) is 12.6 Å². The number of aliphatic imine (C=N–C) groups is 1. The number of ether oxygens (including phenoxy) is 2. The molecule has 0 bridgehead atoms. The summed E-state index contributed by atoms with van der Waals surface area (Å²) < 4.78 is 9.97. The Balaban J connectivity index is 0.00000264. The first kappa shape index (κ1) is 19.5. The molecule has 0 amide bonds. The SMILES string of the molecule is CCNC(=NCc1ccc(OC)c(C(=O)OC)c1)NC1CC1.I. The van der Waals surface area contributed by atoms with Crippen LogP contribution in [0.15, 0.2) is 23.2 Å². The molecule has 0 heterocycles. The lowest BCUT2D eigenvalue weighted by Gasteiger charge is -2.11. The number of nitrogens with zero attached hydrogens (tertiary/aromatic N) is 1. The van der Waals surface area contributed by atoms with E-state index < -0.39 is 5.97 Å². The maximum atomic E-state index is 11.8. The second-order valence-corrected chi connectivity index (χ2v) is 5.14. The Bertz CT molecular complexity index is 560. The fourth-order valence-electron chi connectivity index (χ4n) is 2.03. The topological polar surface area (TPSA) is 72.0 Å². The highest BCUT2D eigenvalue weighted by Gasteiger charge is 2.22. The molecular formula is C16H24IN3O3. The number of nitrogens with one attached hydrogen (secondary N) is 2. The summed E-state index contributed by atoms with van der Waals surface area (Å²) in [6, 6.07) is 5.96. The second kappa shape index (κ2) is 9.59. The van der Waals surface area contributed by atoms with Gasteiger partial charge in [-0.15, -0.1) is 24.0 Å². The minimum absolute atomic E-state index is 0. The van der Waals surface area contributed by atoms with Gasteiger partial charge in [-0.05, 0) is 37.5 Å². The van der Waals surface area contributed by atoms with E-state index in [1.54, 1.807) is 12.1 Å². The van der Waals surface area contributed by atoms with Crippen molar-refractivity contribution in [3.8, 4) is 5.75 Å². The molecule has 2 rings (SSSR count). The van der Waals surface area contributed by atoms with Crippen LogP contribution >= 0.6 is 24.0 Å². The lowest BCUT2D eigenvalue weighted by molar-refractivity contribution is 0.0597. The van der Waals surface area contributed by atoms with Gasteiger partial charge in [-0.25, -0.2) is 9.79 Å². The molecular weight excluding hydrogens is 409 g/mol. The summed E-state index contributed by atoms with van der Waals surface area (Å²) in [7, 11) is 2.89. The van der Waals surface area contributed by atoms with Crippen molar-refractivity contribution in [2.24, 2.45) is 4.99 Å². The van der Waals surface area contributed by atoms with Gasteiger partial charge >= 0.3 is 5.97 Å². The maximum absolute atomic E-state index is 11.8. The zero-order valence-electron chi connectivity index (χ0n) is 13.7. The maximum Gasteiger partial charge on any atom is 0.341 e. The van der Waals surface area contributed by atoms with Crippen LogP contribution in [0.3, 0.4) is 0 Å². The van der Waals surface area contributed by atoms with E-state index in [1.807, 2.05) is 13.0 Å². The van der Waals surface area contributed by atoms with E-state index in [9.17, 15) is 4.79 Å². The third-order valence-electron chi connectivity index (χ3n) is 3.35. The summed E-state index contributed by atoms with van der Waals surface area (Å²) in [5, 5.41) is 6.57. The number of benzene rings is 1. The van der Waals surface area contributed by atoms with E-state index in [4.69, 9.17) is 9.47 Å². The Morgan fingerprint density at radius 2 is 2.09 bits per heavy atom. The quantitative estimate of drug-likeness (QED) is 0.312. The van der Waals surface area contributed by atoms with Crippen molar-refractivity contribution in [3.63, 3.8) is 0 Å². The Morgan fingerprint density at radius 1 is 1.35 bits per heavy atom. The van der Waals surface area contributed by atoms with Crippen molar-refractivity contribution in [1.82, 2.24) is 10.6 Å². The Morgan fingerprint density at radius 3 is 2.65 bits per heavy atom. The average Bonchev–Trinajstić information content (AvgIpc) is 3.35. The predicted molar refractivity (Wildman–Crippen MR) is 101 cm³/mol. The Labute approximate surface area is 154 Å². The lowest BCUT2D eigenvalue weighted by Crippen LogP contribution is -2.38. The van der Waals surface area contributed by atoms with Gasteiger partial charge in [0.2, 0.25) is 0 Å². The molecule has 1 aliphatic carbocycles. The smallest absolute Gasteiger partial charge is 0.341 e. The fraction of sp³-hybridized carbons (Fsp3) is 0.500. The molecule has 128 valence electrons. The minimum atomic E-state index is -0.411. The van der Waals surface area contributed by atoms with Crippen LogP contribution in [-0.2, 0) is 11.3 Å². The highest BCUT2D eigenvalue weighted by atomic mass is 127. The van der Waals surface area contributed by atoms with Gasteiger partial charge < -0.3 is 20.1 Å². The standard InChI is InChI=1S/C16H23N3O3.HI/c1-4-17-16(19-12-6-7-12)18-10-11-5-8-14(21-2)13(9-11)15(20)22-3;/h5,8-9,12H,4,6-7,10H2,1-3H3,(H2,17,18,19);1H. The van der Waals surface area contributed by atoms with Crippen LogP contribution in [0, 0.1) is 0 Å². The van der Waals surface area contributed by atoms with E-state index in [2.05, 4.69) is 15.6 Å². The van der Waals surface area contributed by atoms with Crippen molar-refractivity contribution in [3.05, 3.63) is 29.3 Å². The number of methoxy groups -OCH3 is 2. The average molecular weight is 433 g/mol. The van der Waals surface area contributed by atoms with Crippen LogP contribution in [0.2, 0.25) is 0 Å². The van der Waals surface area contributed by atoms with Gasteiger partial charge in [0.15, 0.2) is 5.96 Å². The molecule has 2 N–H and O–H groups in total. The van der Waals surface area contributed by atoms with Gasteiger partial charge in [-0.3, -0.25) is 0 Å². The van der Waals surface area contributed by atoms with Crippen LogP contribution in [0.4, 0.5) is 0 Å². The molecule has 0 radical (unpaired) electrons. The van der Waals surface area contributed by atoms with Crippen LogP contribution in [0.5, 0.6) is 5.75 Å². The third-order valence-corrected chi connectivity index (χ3v) is 3.35. The van der Waals surface area contributed by atoms with E-state index in [-0.39, 0.29) is 24.0 Å². The van der Waals surface area contributed by atoms with Crippen molar-refractivity contribution in [1.29, 1.82) is 0 Å². The molecule has 0 aromatic heterocycles. The molecule has 0 saturated heterocycles. The number of halogens is 1. The van der Waals surface area contributed by atoms with Crippen molar-refractivity contribution in [2.45, 2.75) is 32.4 Å². The monoisotopic (exact) mass is 433 g/mol. The summed E-state index contributed by atoms with van der Waals surface area (Å²) in [5.41, 5.74) is 1.34. The van der Waals surface area contributed by atoms with Crippen LogP contribution in [0.1, 0.15) is 35.7 Å². The van der Waals surface area contributed by atoms with Gasteiger partial charge in [-0.1, -0.05) is 6.07 Å². The van der Waals surface area contributed by atoms with E-state index >= 15 is 0 Å². The van der Waals surface area contributed by atoms with E-state index in [1.165, 1.54) is 27.1 Å². The first-order chi connectivity index (χ1) is 10.7. The molecule has 0 aliphatic heterocycles. The second-order valence-electron chi connectivity index (χ2n) is 5.14. The van der Waals surface area contributed by atoms with Crippen LogP contribution < -0.4 is 15.4 Å². The molecule has 1 fully saturated rings. The summed E-state index contributed by atoms with van der Waals surface area (Å²) >= 11 is 0. The highest BCUT2D eigenvalue weighted by molar-refractivity contribution is 14.0. The summed E-state index contributed by atoms with van der Waals surface area (Å²) in [5.74, 6) is 0.897. The Hall–Kier alpha value is -1.51. The zero-order chi connectivity index (χ0) is 15.9. The van der Waals surface area contributed by atoms with Gasteiger partial charge in [-0.2, -0.15) is 0 Å². The predicted octanol–water partition coefficient (Wildman–Crippen LogP) is 2.32. The molecule has 1 saturated carbocycles. The van der Waals surface area contributed by atoms with Gasteiger partial charge in [0.25, 0.3) is 0 Å².